The maximum absolute atomic E-state index is 13.4. The molecule has 0 aliphatic carbocycles. The Morgan fingerprint density at radius 1 is 0.971 bits per heavy atom. The maximum atomic E-state index is 13.4. The monoisotopic (exact) mass is 455 g/mol. The SMILES string of the molecule is COc1cc(C)c(/C(O)=C2\C(=O)C(=O)N(c3ccccc3)C2c2cccc(C)c2)cc1C(C)C. The number of Topliss-reactive ketones (excluding diaryl/α,β-unsaturated/α-hetero) is 1. The first-order valence-electron chi connectivity index (χ1n) is 11.4. The number of carbonyl (C=O) groups excluding carboxylic acids is 2. The van der Waals surface area contributed by atoms with Crippen LogP contribution in [0.2, 0.25) is 0 Å². The summed E-state index contributed by atoms with van der Waals surface area (Å²) in [4.78, 5) is 28.2. The molecular weight excluding hydrogens is 426 g/mol. The molecule has 3 aromatic carbocycles. The number of aliphatic hydroxyl groups is 1. The smallest absolute Gasteiger partial charge is 0.300 e. The second-order valence-corrected chi connectivity index (χ2v) is 8.98. The molecule has 1 saturated heterocycles. The average Bonchev–Trinajstić information content (AvgIpc) is 3.09. The molecular formula is C29H29NO4. The van der Waals surface area contributed by atoms with Gasteiger partial charge in [0, 0.05) is 11.3 Å². The molecule has 0 saturated carbocycles. The fourth-order valence-electron chi connectivity index (χ4n) is 4.57. The number of anilines is 1. The van der Waals surface area contributed by atoms with Gasteiger partial charge in [0.05, 0.1) is 18.7 Å². The average molecular weight is 456 g/mol. The van der Waals surface area contributed by atoms with Gasteiger partial charge in [-0.25, -0.2) is 0 Å². The van der Waals surface area contributed by atoms with Gasteiger partial charge in [-0.3, -0.25) is 14.5 Å². The largest absolute Gasteiger partial charge is 0.507 e. The van der Waals surface area contributed by atoms with Crippen LogP contribution in [0.3, 0.4) is 0 Å². The summed E-state index contributed by atoms with van der Waals surface area (Å²) in [5.41, 5.74) is 4.64. The molecule has 0 spiro atoms. The maximum Gasteiger partial charge on any atom is 0.300 e. The first kappa shape index (κ1) is 23.3. The Labute approximate surface area is 200 Å². The third-order valence-corrected chi connectivity index (χ3v) is 6.29. The van der Waals surface area contributed by atoms with Crippen LogP contribution < -0.4 is 9.64 Å². The number of carbonyl (C=O) groups is 2. The quantitative estimate of drug-likeness (QED) is 0.288. The Morgan fingerprint density at radius 3 is 2.29 bits per heavy atom. The molecule has 1 atom stereocenters. The van der Waals surface area contributed by atoms with Crippen LogP contribution in [0.5, 0.6) is 5.75 Å². The zero-order valence-electron chi connectivity index (χ0n) is 20.1. The van der Waals surface area contributed by atoms with Gasteiger partial charge in [-0.2, -0.15) is 0 Å². The Bertz CT molecular complexity index is 1290. The number of nitrogens with zero attached hydrogens (tertiary/aromatic N) is 1. The summed E-state index contributed by atoms with van der Waals surface area (Å²) < 4.78 is 5.54. The van der Waals surface area contributed by atoms with Crippen molar-refractivity contribution in [1.82, 2.24) is 0 Å². The van der Waals surface area contributed by atoms with E-state index in [9.17, 15) is 14.7 Å². The number of rotatable bonds is 5. The minimum atomic E-state index is -0.744. The molecule has 0 aromatic heterocycles. The third-order valence-electron chi connectivity index (χ3n) is 6.29. The number of para-hydroxylation sites is 1. The van der Waals surface area contributed by atoms with Gasteiger partial charge in [-0.15, -0.1) is 0 Å². The van der Waals surface area contributed by atoms with E-state index in [-0.39, 0.29) is 17.3 Å². The van der Waals surface area contributed by atoms with Gasteiger partial charge < -0.3 is 9.84 Å². The lowest BCUT2D eigenvalue weighted by atomic mass is 9.90. The number of aryl methyl sites for hydroxylation is 2. The van der Waals surface area contributed by atoms with E-state index in [2.05, 4.69) is 0 Å². The number of ether oxygens (including phenoxy) is 1. The summed E-state index contributed by atoms with van der Waals surface area (Å²) >= 11 is 0. The van der Waals surface area contributed by atoms with Crippen LogP contribution in [-0.4, -0.2) is 23.9 Å². The van der Waals surface area contributed by atoms with Crippen LogP contribution in [0, 0.1) is 13.8 Å². The van der Waals surface area contributed by atoms with Gasteiger partial charge in [-0.1, -0.05) is 61.9 Å². The van der Waals surface area contributed by atoms with E-state index in [0.29, 0.717) is 11.3 Å². The Kier molecular flexibility index (Phi) is 6.29. The van der Waals surface area contributed by atoms with Crippen LogP contribution in [-0.2, 0) is 9.59 Å². The number of benzene rings is 3. The number of amides is 1. The second-order valence-electron chi connectivity index (χ2n) is 8.98. The van der Waals surface area contributed by atoms with Gasteiger partial charge in [0.15, 0.2) is 0 Å². The Morgan fingerprint density at radius 2 is 1.68 bits per heavy atom. The third kappa shape index (κ3) is 3.98. The van der Waals surface area contributed by atoms with Crippen molar-refractivity contribution in [3.63, 3.8) is 0 Å². The molecule has 5 nitrogen and oxygen atoms in total. The Balaban J connectivity index is 1.99. The second kappa shape index (κ2) is 9.18. The number of aliphatic hydroxyl groups excluding tert-OH is 1. The number of hydrogen-bond acceptors (Lipinski definition) is 4. The van der Waals surface area contributed by atoms with Crippen LogP contribution in [0.15, 0.2) is 72.3 Å². The van der Waals surface area contributed by atoms with E-state index in [1.54, 1.807) is 19.2 Å². The van der Waals surface area contributed by atoms with Gasteiger partial charge in [0.1, 0.15) is 11.5 Å². The van der Waals surface area contributed by atoms with Crippen molar-refractivity contribution in [1.29, 1.82) is 0 Å². The van der Waals surface area contributed by atoms with Gasteiger partial charge in [0.25, 0.3) is 11.7 Å². The molecule has 1 fully saturated rings. The van der Waals surface area contributed by atoms with Crippen molar-refractivity contribution in [2.24, 2.45) is 0 Å². The molecule has 5 heteroatoms. The van der Waals surface area contributed by atoms with Crippen LogP contribution in [0.1, 0.15) is 53.6 Å². The Hall–Kier alpha value is -3.86. The molecule has 0 bridgehead atoms. The van der Waals surface area contributed by atoms with Gasteiger partial charge >= 0.3 is 0 Å². The molecule has 174 valence electrons. The predicted octanol–water partition coefficient (Wildman–Crippen LogP) is 6.06. The highest BCUT2D eigenvalue weighted by Gasteiger charge is 2.47. The van der Waals surface area contributed by atoms with E-state index in [4.69, 9.17) is 4.74 Å². The highest BCUT2D eigenvalue weighted by atomic mass is 16.5. The molecule has 34 heavy (non-hydrogen) atoms. The molecule has 1 unspecified atom stereocenters. The summed E-state index contributed by atoms with van der Waals surface area (Å²) in [6.07, 6.45) is 0. The van der Waals surface area contributed by atoms with E-state index in [1.807, 2.05) is 82.3 Å². The number of ketones is 1. The summed E-state index contributed by atoms with van der Waals surface area (Å²) in [5.74, 6) is -0.667. The van der Waals surface area contributed by atoms with E-state index < -0.39 is 17.7 Å². The summed E-state index contributed by atoms with van der Waals surface area (Å²) in [6, 6.07) is 19.7. The standard InChI is InChI=1S/C29H29NO4/c1-17(2)22-16-23(19(4)15-24(22)34-5)27(31)25-26(20-11-9-10-18(3)14-20)30(29(33)28(25)32)21-12-7-6-8-13-21/h6-17,26,31H,1-5H3/b27-25+. The van der Waals surface area contributed by atoms with Crippen molar-refractivity contribution in [2.45, 2.75) is 39.7 Å². The lowest BCUT2D eigenvalue weighted by Gasteiger charge is -2.26. The van der Waals surface area contributed by atoms with Crippen molar-refractivity contribution in [3.8, 4) is 5.75 Å². The van der Waals surface area contributed by atoms with Crippen LogP contribution >= 0.6 is 0 Å². The zero-order chi connectivity index (χ0) is 24.6. The zero-order valence-corrected chi connectivity index (χ0v) is 20.1. The molecule has 0 radical (unpaired) electrons. The summed E-state index contributed by atoms with van der Waals surface area (Å²) in [7, 11) is 1.61. The fourth-order valence-corrected chi connectivity index (χ4v) is 4.57. The minimum absolute atomic E-state index is 0.0856. The molecule has 1 aliphatic heterocycles. The van der Waals surface area contributed by atoms with Crippen molar-refractivity contribution in [2.75, 3.05) is 12.0 Å². The van der Waals surface area contributed by atoms with Crippen molar-refractivity contribution >= 4 is 23.1 Å². The fraction of sp³-hybridized carbons (Fsp3) is 0.241. The van der Waals surface area contributed by atoms with E-state index in [0.717, 1.165) is 28.0 Å². The normalized spacial score (nSPS) is 17.5. The van der Waals surface area contributed by atoms with Crippen LogP contribution in [0.25, 0.3) is 5.76 Å². The van der Waals surface area contributed by atoms with Gasteiger partial charge in [0.2, 0.25) is 0 Å². The minimum Gasteiger partial charge on any atom is -0.507 e. The molecule has 1 N–H and O–H groups in total. The highest BCUT2D eigenvalue weighted by Crippen LogP contribution is 2.43. The number of hydrogen-bond donors (Lipinski definition) is 1. The topological polar surface area (TPSA) is 66.8 Å². The lowest BCUT2D eigenvalue weighted by Crippen LogP contribution is -2.29. The van der Waals surface area contributed by atoms with E-state index in [1.165, 1.54) is 4.90 Å². The molecule has 1 aliphatic rings. The molecule has 1 heterocycles. The molecule has 4 rings (SSSR count). The highest BCUT2D eigenvalue weighted by molar-refractivity contribution is 6.51. The van der Waals surface area contributed by atoms with Crippen molar-refractivity contribution < 1.29 is 19.4 Å². The molecule has 3 aromatic rings. The lowest BCUT2D eigenvalue weighted by molar-refractivity contribution is -0.132. The first-order chi connectivity index (χ1) is 16.2. The molecule has 1 amide bonds. The van der Waals surface area contributed by atoms with Gasteiger partial charge in [-0.05, 0) is 60.7 Å². The first-order valence-corrected chi connectivity index (χ1v) is 11.4. The summed E-state index contributed by atoms with van der Waals surface area (Å²) in [5, 5.41) is 11.6. The predicted molar refractivity (Wildman–Crippen MR) is 134 cm³/mol. The number of methoxy groups -OCH3 is 1. The summed E-state index contributed by atoms with van der Waals surface area (Å²) in [6.45, 7) is 7.90. The van der Waals surface area contributed by atoms with Crippen molar-refractivity contribution in [3.05, 3.63) is 100 Å². The van der Waals surface area contributed by atoms with E-state index >= 15 is 0 Å². The van der Waals surface area contributed by atoms with Crippen LogP contribution in [0.4, 0.5) is 5.69 Å².